The third-order valence-corrected chi connectivity index (χ3v) is 2.71. The lowest BCUT2D eigenvalue weighted by molar-refractivity contribution is -0.520. The van der Waals surface area contributed by atoms with E-state index in [2.05, 4.69) is 5.32 Å². The number of amides is 1. The summed E-state index contributed by atoms with van der Waals surface area (Å²) in [7, 11) is 0. The maximum absolute atomic E-state index is 11.4. The molecule has 0 heterocycles. The fraction of sp³-hybridized carbons (Fsp3) is 0.357. The van der Waals surface area contributed by atoms with Gasteiger partial charge in [0.1, 0.15) is 6.04 Å². The molecule has 0 aliphatic heterocycles. The molecule has 20 heavy (non-hydrogen) atoms. The predicted octanol–water partition coefficient (Wildman–Crippen LogP) is 2.48. The van der Waals surface area contributed by atoms with Gasteiger partial charge >= 0.3 is 6.09 Å². The van der Waals surface area contributed by atoms with Crippen LogP contribution in [0.4, 0.5) is 4.79 Å². The van der Waals surface area contributed by atoms with Gasteiger partial charge in [0.25, 0.3) is 0 Å². The van der Waals surface area contributed by atoms with Gasteiger partial charge in [-0.25, -0.2) is 4.79 Å². The van der Waals surface area contributed by atoms with Crippen molar-refractivity contribution >= 4 is 12.2 Å². The van der Waals surface area contributed by atoms with Gasteiger partial charge in [0.05, 0.1) is 6.61 Å². The molecule has 0 bridgehead atoms. The molecular formula is C14H18N2O4. The standard InChI is InChI=1S/C14H18N2O4/c1-3-20-14(17)15-13(11(2)16(18)19)10-9-12-7-5-4-6-8-12/h4-11,13H,3H2,1-2H3,(H,15,17)/b10-9+. The molecule has 2 unspecified atom stereocenters. The van der Waals surface area contributed by atoms with E-state index in [4.69, 9.17) is 4.74 Å². The number of ether oxygens (including phenoxy) is 1. The van der Waals surface area contributed by atoms with Gasteiger partial charge in [0.2, 0.25) is 6.04 Å². The summed E-state index contributed by atoms with van der Waals surface area (Å²) < 4.78 is 4.75. The van der Waals surface area contributed by atoms with E-state index < -0.39 is 23.1 Å². The second-order valence-corrected chi connectivity index (χ2v) is 4.19. The normalized spacial score (nSPS) is 13.7. The summed E-state index contributed by atoms with van der Waals surface area (Å²) in [6, 6.07) is 7.67. The largest absolute Gasteiger partial charge is 0.450 e. The molecule has 1 rings (SSSR count). The van der Waals surface area contributed by atoms with Crippen LogP contribution in [-0.2, 0) is 4.74 Å². The number of nitrogens with one attached hydrogen (secondary N) is 1. The van der Waals surface area contributed by atoms with E-state index in [0.717, 1.165) is 5.56 Å². The summed E-state index contributed by atoms with van der Waals surface area (Å²) in [5.41, 5.74) is 0.902. The highest BCUT2D eigenvalue weighted by Gasteiger charge is 2.26. The molecule has 108 valence electrons. The number of carbonyl (C=O) groups excluding carboxylic acids is 1. The van der Waals surface area contributed by atoms with E-state index in [-0.39, 0.29) is 6.61 Å². The Hall–Kier alpha value is -2.37. The van der Waals surface area contributed by atoms with Gasteiger partial charge < -0.3 is 10.1 Å². The van der Waals surface area contributed by atoms with Gasteiger partial charge in [-0.2, -0.15) is 0 Å². The topological polar surface area (TPSA) is 81.5 Å². The van der Waals surface area contributed by atoms with Gasteiger partial charge in [0.15, 0.2) is 0 Å². The van der Waals surface area contributed by atoms with E-state index in [9.17, 15) is 14.9 Å². The highest BCUT2D eigenvalue weighted by atomic mass is 16.6. The fourth-order valence-electron chi connectivity index (χ4n) is 1.55. The van der Waals surface area contributed by atoms with Crippen molar-refractivity contribution in [3.05, 3.63) is 52.1 Å². The first kappa shape index (κ1) is 15.7. The Morgan fingerprint density at radius 3 is 2.65 bits per heavy atom. The molecule has 0 radical (unpaired) electrons. The van der Waals surface area contributed by atoms with E-state index >= 15 is 0 Å². The lowest BCUT2D eigenvalue weighted by Crippen LogP contribution is -2.44. The van der Waals surface area contributed by atoms with Crippen LogP contribution in [0.25, 0.3) is 6.08 Å². The summed E-state index contributed by atoms with van der Waals surface area (Å²) in [6.07, 6.45) is 2.67. The zero-order chi connectivity index (χ0) is 15.0. The van der Waals surface area contributed by atoms with Gasteiger partial charge in [-0.1, -0.05) is 42.5 Å². The van der Waals surface area contributed by atoms with Crippen LogP contribution in [0.5, 0.6) is 0 Å². The van der Waals surface area contributed by atoms with Crippen molar-refractivity contribution in [1.29, 1.82) is 0 Å². The highest BCUT2D eigenvalue weighted by Crippen LogP contribution is 2.06. The third-order valence-electron chi connectivity index (χ3n) is 2.71. The third kappa shape index (κ3) is 5.09. The average molecular weight is 278 g/mol. The molecule has 0 saturated carbocycles. The maximum Gasteiger partial charge on any atom is 0.407 e. The zero-order valence-electron chi connectivity index (χ0n) is 11.5. The van der Waals surface area contributed by atoms with Crippen LogP contribution in [0.3, 0.4) is 0 Å². The second kappa shape index (κ2) is 7.93. The molecular weight excluding hydrogens is 260 g/mol. The van der Waals surface area contributed by atoms with E-state index in [1.807, 2.05) is 30.3 Å². The lowest BCUT2D eigenvalue weighted by atomic mass is 10.1. The van der Waals surface area contributed by atoms with Crippen LogP contribution in [0, 0.1) is 10.1 Å². The van der Waals surface area contributed by atoms with Crippen molar-refractivity contribution < 1.29 is 14.5 Å². The quantitative estimate of drug-likeness (QED) is 0.640. The summed E-state index contributed by atoms with van der Waals surface area (Å²) in [5.74, 6) is 0. The average Bonchev–Trinajstić information content (AvgIpc) is 2.44. The number of hydrogen-bond donors (Lipinski definition) is 1. The van der Waals surface area contributed by atoms with Crippen LogP contribution < -0.4 is 5.32 Å². The minimum absolute atomic E-state index is 0.216. The molecule has 0 fully saturated rings. The summed E-state index contributed by atoms with van der Waals surface area (Å²) in [4.78, 5) is 21.8. The number of benzene rings is 1. The Kier molecular flexibility index (Phi) is 6.22. The van der Waals surface area contributed by atoms with Crippen molar-refractivity contribution in [3.8, 4) is 0 Å². The van der Waals surface area contributed by atoms with Crippen LogP contribution in [0.1, 0.15) is 19.4 Å². The Balaban J connectivity index is 2.79. The summed E-state index contributed by atoms with van der Waals surface area (Å²) in [5, 5.41) is 13.4. The van der Waals surface area contributed by atoms with Crippen LogP contribution in [0.2, 0.25) is 0 Å². The second-order valence-electron chi connectivity index (χ2n) is 4.19. The molecule has 0 spiro atoms. The number of rotatable bonds is 6. The first-order valence-electron chi connectivity index (χ1n) is 6.34. The summed E-state index contributed by atoms with van der Waals surface area (Å²) in [6.45, 7) is 3.32. The SMILES string of the molecule is CCOC(=O)NC(/C=C/c1ccccc1)C(C)[N+](=O)[O-]. The van der Waals surface area contributed by atoms with Crippen molar-refractivity contribution in [2.45, 2.75) is 25.9 Å². The van der Waals surface area contributed by atoms with Crippen LogP contribution >= 0.6 is 0 Å². The molecule has 1 aromatic carbocycles. The molecule has 2 atom stereocenters. The molecule has 6 heteroatoms. The van der Waals surface area contributed by atoms with Gasteiger partial charge in [-0.05, 0) is 12.5 Å². The van der Waals surface area contributed by atoms with Crippen LogP contribution in [-0.4, -0.2) is 29.7 Å². The first-order valence-corrected chi connectivity index (χ1v) is 6.34. The minimum Gasteiger partial charge on any atom is -0.450 e. The number of alkyl carbamates (subject to hydrolysis) is 1. The van der Waals surface area contributed by atoms with E-state index in [0.29, 0.717) is 0 Å². The Labute approximate surface area is 117 Å². The predicted molar refractivity (Wildman–Crippen MR) is 75.9 cm³/mol. The van der Waals surface area contributed by atoms with Crippen LogP contribution in [0.15, 0.2) is 36.4 Å². The number of nitro groups is 1. The molecule has 0 aromatic heterocycles. The minimum atomic E-state index is -0.945. The fourth-order valence-corrected chi connectivity index (χ4v) is 1.55. The van der Waals surface area contributed by atoms with Gasteiger partial charge in [-0.15, -0.1) is 0 Å². The van der Waals surface area contributed by atoms with Crippen molar-refractivity contribution in [2.24, 2.45) is 0 Å². The van der Waals surface area contributed by atoms with Crippen molar-refractivity contribution in [2.75, 3.05) is 6.61 Å². The van der Waals surface area contributed by atoms with E-state index in [1.54, 1.807) is 19.1 Å². The number of hydrogen-bond acceptors (Lipinski definition) is 4. The van der Waals surface area contributed by atoms with Crippen molar-refractivity contribution in [1.82, 2.24) is 5.32 Å². The smallest absolute Gasteiger partial charge is 0.407 e. The highest BCUT2D eigenvalue weighted by molar-refractivity contribution is 5.68. The number of carbonyl (C=O) groups is 1. The molecule has 6 nitrogen and oxygen atoms in total. The molecule has 0 aliphatic rings. The zero-order valence-corrected chi connectivity index (χ0v) is 11.5. The molecule has 1 amide bonds. The Bertz CT molecular complexity index is 473. The molecule has 1 N–H and O–H groups in total. The summed E-state index contributed by atoms with van der Waals surface area (Å²) >= 11 is 0. The van der Waals surface area contributed by atoms with E-state index in [1.165, 1.54) is 6.92 Å². The lowest BCUT2D eigenvalue weighted by Gasteiger charge is -2.16. The molecule has 0 saturated heterocycles. The monoisotopic (exact) mass is 278 g/mol. The maximum atomic E-state index is 11.4. The first-order chi connectivity index (χ1) is 9.54. The molecule has 1 aromatic rings. The molecule has 0 aliphatic carbocycles. The number of nitrogens with zero attached hydrogens (tertiary/aromatic N) is 1. The van der Waals surface area contributed by atoms with Gasteiger partial charge in [0, 0.05) is 11.8 Å². The van der Waals surface area contributed by atoms with Crippen molar-refractivity contribution in [3.63, 3.8) is 0 Å². The Morgan fingerprint density at radius 2 is 2.10 bits per heavy atom. The van der Waals surface area contributed by atoms with Gasteiger partial charge in [-0.3, -0.25) is 10.1 Å². The Morgan fingerprint density at radius 1 is 1.45 bits per heavy atom.